The molecule has 0 bridgehead atoms. The number of alkyl carbamates (subject to hydrolysis) is 1. The maximum Gasteiger partial charge on any atom is 0.494 e. The molecule has 2 atom stereocenters. The Hall–Kier alpha value is -2.69. The zero-order chi connectivity index (χ0) is 27.9. The minimum Gasteiger partial charge on any atom is -0.444 e. The van der Waals surface area contributed by atoms with Crippen molar-refractivity contribution in [1.82, 2.24) is 15.3 Å². The summed E-state index contributed by atoms with van der Waals surface area (Å²) < 4.78 is 17.7. The molecule has 1 aromatic carbocycles. The van der Waals surface area contributed by atoms with E-state index in [1.807, 2.05) is 79.7 Å². The third kappa shape index (κ3) is 6.30. The summed E-state index contributed by atoms with van der Waals surface area (Å²) in [4.78, 5) is 23.5. The fraction of sp³-hybridized carbons (Fsp3) is 0.607. The molecule has 1 unspecified atom stereocenters. The molecule has 206 valence electrons. The first-order chi connectivity index (χ1) is 17.6. The number of rotatable bonds is 5. The first-order valence-electron chi connectivity index (χ1n) is 13.3. The number of nitrogens with zero attached hydrogens (tertiary/aromatic N) is 3. The van der Waals surface area contributed by atoms with Gasteiger partial charge in [-0.15, -0.1) is 0 Å². The van der Waals surface area contributed by atoms with Crippen LogP contribution in [0.1, 0.15) is 85.5 Å². The Morgan fingerprint density at radius 2 is 1.63 bits per heavy atom. The van der Waals surface area contributed by atoms with Gasteiger partial charge in [0.05, 0.1) is 16.7 Å². The van der Waals surface area contributed by atoms with Crippen molar-refractivity contribution in [3.63, 3.8) is 0 Å². The van der Waals surface area contributed by atoms with Gasteiger partial charge in [0.15, 0.2) is 0 Å². The van der Waals surface area contributed by atoms with Gasteiger partial charge in [-0.3, -0.25) is 0 Å². The van der Waals surface area contributed by atoms with Crippen molar-refractivity contribution in [2.24, 2.45) is 0 Å². The van der Waals surface area contributed by atoms with Crippen LogP contribution in [-0.2, 0) is 14.0 Å². The zero-order valence-electron chi connectivity index (χ0n) is 23.9. The highest BCUT2D eigenvalue weighted by Gasteiger charge is 2.51. The normalized spacial score (nSPS) is 23.7. The van der Waals surface area contributed by atoms with Gasteiger partial charge < -0.3 is 29.4 Å². The highest BCUT2D eigenvalue weighted by Crippen LogP contribution is 2.36. The molecule has 0 spiro atoms. The molecule has 2 fully saturated rings. The number of nitrogens with one attached hydrogen (secondary N) is 1. The van der Waals surface area contributed by atoms with Gasteiger partial charge in [0.25, 0.3) is 0 Å². The van der Waals surface area contributed by atoms with E-state index in [4.69, 9.17) is 14.0 Å². The second-order valence-electron chi connectivity index (χ2n) is 12.7. The van der Waals surface area contributed by atoms with E-state index in [9.17, 15) is 9.90 Å². The van der Waals surface area contributed by atoms with Gasteiger partial charge in [0.1, 0.15) is 11.7 Å². The maximum atomic E-state index is 12.4. The van der Waals surface area contributed by atoms with Gasteiger partial charge in [-0.1, -0.05) is 24.3 Å². The molecule has 0 aliphatic carbocycles. The van der Waals surface area contributed by atoms with E-state index in [2.05, 4.69) is 20.2 Å². The average Bonchev–Trinajstić information content (AvgIpc) is 3.04. The molecular weight excluding hydrogens is 483 g/mol. The Morgan fingerprint density at radius 1 is 1.05 bits per heavy atom. The molecule has 9 nitrogen and oxygen atoms in total. The molecule has 3 heterocycles. The molecule has 4 rings (SSSR count). The third-order valence-corrected chi connectivity index (χ3v) is 7.53. The van der Waals surface area contributed by atoms with Gasteiger partial charge >= 0.3 is 13.2 Å². The van der Waals surface area contributed by atoms with Crippen LogP contribution >= 0.6 is 0 Å². The summed E-state index contributed by atoms with van der Waals surface area (Å²) in [6.07, 6.45) is 3.74. The topological polar surface area (TPSA) is 106 Å². The number of hydrogen-bond acceptors (Lipinski definition) is 8. The first kappa shape index (κ1) is 28.3. The molecule has 10 heteroatoms. The van der Waals surface area contributed by atoms with Crippen molar-refractivity contribution in [1.29, 1.82) is 0 Å². The Morgan fingerprint density at radius 3 is 2.18 bits per heavy atom. The monoisotopic (exact) mass is 524 g/mol. The molecule has 0 radical (unpaired) electrons. The number of aliphatic hydroxyl groups is 1. The molecule has 2 saturated heterocycles. The largest absolute Gasteiger partial charge is 0.494 e. The van der Waals surface area contributed by atoms with Crippen LogP contribution in [0.3, 0.4) is 0 Å². The molecule has 1 aromatic heterocycles. The van der Waals surface area contributed by atoms with Crippen LogP contribution in [-0.4, -0.2) is 63.7 Å². The number of carbonyl (C=O) groups is 1. The van der Waals surface area contributed by atoms with Gasteiger partial charge in [0.2, 0.25) is 5.95 Å². The van der Waals surface area contributed by atoms with Gasteiger partial charge in [0, 0.05) is 31.0 Å². The Bertz CT molecular complexity index is 1120. The lowest BCUT2D eigenvalue weighted by Gasteiger charge is -2.41. The zero-order valence-corrected chi connectivity index (χ0v) is 23.9. The van der Waals surface area contributed by atoms with Crippen LogP contribution in [0.5, 0.6) is 0 Å². The summed E-state index contributed by atoms with van der Waals surface area (Å²) in [5.74, 6) is 0.564. The van der Waals surface area contributed by atoms with Crippen molar-refractivity contribution in [3.8, 4) is 0 Å². The van der Waals surface area contributed by atoms with E-state index < -0.39 is 41.7 Å². The van der Waals surface area contributed by atoms with Crippen LogP contribution in [0.15, 0.2) is 36.7 Å². The van der Waals surface area contributed by atoms with E-state index in [1.165, 1.54) is 0 Å². The highest BCUT2D eigenvalue weighted by molar-refractivity contribution is 6.62. The number of hydrogen-bond donors (Lipinski definition) is 2. The number of carbonyl (C=O) groups excluding carboxylic acids is 1. The smallest absolute Gasteiger partial charge is 0.444 e. The number of ether oxygens (including phenoxy) is 1. The quantitative estimate of drug-likeness (QED) is 0.570. The fourth-order valence-electron chi connectivity index (χ4n) is 4.70. The molecule has 2 aliphatic rings. The van der Waals surface area contributed by atoms with Crippen LogP contribution in [0, 0.1) is 0 Å². The maximum absolute atomic E-state index is 12.4. The van der Waals surface area contributed by atoms with Crippen molar-refractivity contribution in [3.05, 3.63) is 47.8 Å². The Balaban J connectivity index is 1.39. The molecule has 0 saturated carbocycles. The van der Waals surface area contributed by atoms with Crippen LogP contribution < -0.4 is 15.7 Å². The van der Waals surface area contributed by atoms with Crippen molar-refractivity contribution >= 4 is 24.6 Å². The highest BCUT2D eigenvalue weighted by atomic mass is 16.7. The summed E-state index contributed by atoms with van der Waals surface area (Å²) in [5, 5.41) is 14.0. The lowest BCUT2D eigenvalue weighted by atomic mass is 9.78. The van der Waals surface area contributed by atoms with Gasteiger partial charge in [-0.05, 0) is 79.3 Å². The summed E-state index contributed by atoms with van der Waals surface area (Å²) in [6.45, 7) is 17.0. The molecule has 2 aliphatic heterocycles. The first-order valence-corrected chi connectivity index (χ1v) is 13.3. The lowest BCUT2D eigenvalue weighted by Crippen LogP contribution is -2.57. The molecule has 1 amide bonds. The minimum absolute atomic E-state index is 0.410. The third-order valence-electron chi connectivity index (χ3n) is 7.53. The second-order valence-corrected chi connectivity index (χ2v) is 12.7. The van der Waals surface area contributed by atoms with Crippen molar-refractivity contribution < 1.29 is 23.9 Å². The molecule has 2 aromatic rings. The molecule has 38 heavy (non-hydrogen) atoms. The standard InChI is InChI=1S/C28H41BN4O5/c1-25(2,3)36-24(35)32-28(8)14-9-15-33(18-28)23-30-16-20(17-31-23)22(34)19-10-12-21(13-11-19)29-37-26(4,5)27(6,7)38-29/h10-13,16-17,22,34H,9,14-15,18H2,1-8H3,(H,32,35)/t22?,28-/m1/s1. The summed E-state index contributed by atoms with van der Waals surface area (Å²) in [7, 11) is -0.450. The van der Waals surface area contributed by atoms with Crippen molar-refractivity contribution in [2.75, 3.05) is 18.0 Å². The van der Waals surface area contributed by atoms with Crippen LogP contribution in [0.4, 0.5) is 10.7 Å². The number of benzene rings is 1. The SMILES string of the molecule is CC(C)(C)OC(=O)N[C@]1(C)CCCN(c2ncc(C(O)c3ccc(B4OC(C)(C)C(C)(C)O4)cc3)cn2)C1. The minimum atomic E-state index is -0.864. The number of aliphatic hydroxyl groups excluding tert-OH is 1. The lowest BCUT2D eigenvalue weighted by molar-refractivity contribution is 0.00578. The van der Waals surface area contributed by atoms with Gasteiger partial charge in [-0.2, -0.15) is 0 Å². The number of aromatic nitrogens is 2. The average molecular weight is 524 g/mol. The van der Waals surface area contributed by atoms with E-state index in [1.54, 1.807) is 12.4 Å². The van der Waals surface area contributed by atoms with E-state index in [-0.39, 0.29) is 0 Å². The Labute approximate surface area is 226 Å². The predicted octanol–water partition coefficient (Wildman–Crippen LogP) is 3.74. The van der Waals surface area contributed by atoms with Crippen molar-refractivity contribution in [2.45, 2.75) is 96.7 Å². The molecule has 2 N–H and O–H groups in total. The van der Waals surface area contributed by atoms with E-state index >= 15 is 0 Å². The predicted molar refractivity (Wildman–Crippen MR) is 147 cm³/mol. The van der Waals surface area contributed by atoms with Crippen LogP contribution in [0.2, 0.25) is 0 Å². The summed E-state index contributed by atoms with van der Waals surface area (Å²) >= 11 is 0. The van der Waals surface area contributed by atoms with Crippen LogP contribution in [0.25, 0.3) is 0 Å². The number of piperidine rings is 1. The summed E-state index contributed by atoms with van der Waals surface area (Å²) in [6, 6.07) is 7.58. The second kappa shape index (κ2) is 10.1. The number of amides is 1. The molecular formula is C28H41BN4O5. The fourth-order valence-corrected chi connectivity index (χ4v) is 4.70. The van der Waals surface area contributed by atoms with E-state index in [0.29, 0.717) is 18.1 Å². The van der Waals surface area contributed by atoms with E-state index in [0.717, 1.165) is 30.4 Å². The van der Waals surface area contributed by atoms with Gasteiger partial charge in [-0.25, -0.2) is 14.8 Å². The number of anilines is 1. The summed E-state index contributed by atoms with van der Waals surface area (Å²) in [5.41, 5.74) is 0.401. The Kier molecular flexibility index (Phi) is 7.55.